The number of rotatable bonds is 5. The van der Waals surface area contributed by atoms with E-state index >= 15 is 0 Å². The molecule has 1 fully saturated rings. The van der Waals surface area contributed by atoms with Crippen molar-refractivity contribution in [1.29, 1.82) is 0 Å². The van der Waals surface area contributed by atoms with Crippen LogP contribution >= 0.6 is 12.4 Å². The minimum absolute atomic E-state index is 0. The normalized spacial score (nSPS) is 19.4. The molecular formula is C15H21ClF2N2O2. The summed E-state index contributed by atoms with van der Waals surface area (Å²) in [6, 6.07) is 6.79. The number of nitrogens with one attached hydrogen (secondary N) is 1. The summed E-state index contributed by atoms with van der Waals surface area (Å²) >= 11 is 0. The maximum Gasteiger partial charge on any atom is 0.262 e. The van der Waals surface area contributed by atoms with Crippen LogP contribution in [0.15, 0.2) is 24.3 Å². The smallest absolute Gasteiger partial charge is 0.262 e. The molecule has 1 atom stereocenters. The van der Waals surface area contributed by atoms with Gasteiger partial charge in [-0.1, -0.05) is 17.7 Å². The SMILES string of the molecule is Cc1ccc(OCCN(C)C(=O)C2CC(F)(F)CN2)cc1.Cl. The van der Waals surface area contributed by atoms with Gasteiger partial charge in [-0.15, -0.1) is 12.4 Å². The number of halogens is 3. The fourth-order valence-corrected chi connectivity index (χ4v) is 2.20. The maximum atomic E-state index is 13.1. The maximum absolute atomic E-state index is 13.1. The molecule has 1 amide bonds. The van der Waals surface area contributed by atoms with Crippen molar-refractivity contribution in [1.82, 2.24) is 10.2 Å². The van der Waals surface area contributed by atoms with E-state index in [4.69, 9.17) is 4.74 Å². The third kappa shape index (κ3) is 5.10. The third-order valence-electron chi connectivity index (χ3n) is 3.50. The first kappa shape index (κ1) is 18.6. The molecule has 0 bridgehead atoms. The Balaban J connectivity index is 0.00000242. The molecule has 1 unspecified atom stereocenters. The van der Waals surface area contributed by atoms with Gasteiger partial charge in [0.1, 0.15) is 12.4 Å². The number of aryl methyl sites for hydroxylation is 1. The standard InChI is InChI=1S/C15H20F2N2O2.ClH/c1-11-3-5-12(6-4-11)21-8-7-19(2)14(20)13-9-15(16,17)10-18-13;/h3-6,13,18H,7-10H2,1-2H3;1H. The van der Waals surface area contributed by atoms with E-state index in [0.717, 1.165) is 11.3 Å². The van der Waals surface area contributed by atoms with E-state index in [1.165, 1.54) is 4.90 Å². The summed E-state index contributed by atoms with van der Waals surface area (Å²) in [6.45, 7) is 2.24. The summed E-state index contributed by atoms with van der Waals surface area (Å²) in [4.78, 5) is 13.4. The van der Waals surface area contributed by atoms with Crippen LogP contribution < -0.4 is 10.1 Å². The van der Waals surface area contributed by atoms with Crippen LogP contribution in [-0.2, 0) is 4.79 Å². The highest BCUT2D eigenvalue weighted by molar-refractivity contribution is 5.85. The summed E-state index contributed by atoms with van der Waals surface area (Å²) in [5, 5.41) is 2.56. The first-order valence-corrected chi connectivity index (χ1v) is 6.93. The summed E-state index contributed by atoms with van der Waals surface area (Å²) in [6.07, 6.45) is -0.436. The van der Waals surface area contributed by atoms with Crippen molar-refractivity contribution in [2.24, 2.45) is 0 Å². The monoisotopic (exact) mass is 334 g/mol. The third-order valence-corrected chi connectivity index (χ3v) is 3.50. The molecule has 1 aliphatic heterocycles. The number of ether oxygens (including phenoxy) is 1. The molecule has 0 saturated carbocycles. The fourth-order valence-electron chi connectivity index (χ4n) is 2.20. The van der Waals surface area contributed by atoms with E-state index in [1.807, 2.05) is 31.2 Å². The molecule has 1 N–H and O–H groups in total. The van der Waals surface area contributed by atoms with E-state index in [0.29, 0.717) is 13.2 Å². The van der Waals surface area contributed by atoms with E-state index in [-0.39, 0.29) is 18.3 Å². The highest BCUT2D eigenvalue weighted by Crippen LogP contribution is 2.25. The zero-order valence-corrected chi connectivity index (χ0v) is 13.5. The van der Waals surface area contributed by atoms with Gasteiger partial charge in [-0.05, 0) is 19.1 Å². The summed E-state index contributed by atoms with van der Waals surface area (Å²) < 4.78 is 31.7. The zero-order chi connectivity index (χ0) is 15.5. The van der Waals surface area contributed by atoms with Crippen LogP contribution in [0.5, 0.6) is 5.75 Å². The van der Waals surface area contributed by atoms with Crippen molar-refractivity contribution in [3.63, 3.8) is 0 Å². The molecule has 0 spiro atoms. The Hall–Kier alpha value is -1.40. The van der Waals surface area contributed by atoms with Crippen molar-refractivity contribution >= 4 is 18.3 Å². The molecule has 1 aliphatic rings. The lowest BCUT2D eigenvalue weighted by atomic mass is 10.2. The number of carbonyl (C=O) groups excluding carboxylic acids is 1. The van der Waals surface area contributed by atoms with Crippen molar-refractivity contribution < 1.29 is 18.3 Å². The fraction of sp³-hybridized carbons (Fsp3) is 0.533. The molecular weight excluding hydrogens is 314 g/mol. The molecule has 2 rings (SSSR count). The molecule has 1 aromatic rings. The second-order valence-electron chi connectivity index (χ2n) is 5.41. The largest absolute Gasteiger partial charge is 0.492 e. The quantitative estimate of drug-likeness (QED) is 0.898. The number of alkyl halides is 2. The number of hydrogen-bond donors (Lipinski definition) is 1. The Kier molecular flexibility index (Phi) is 6.56. The van der Waals surface area contributed by atoms with Crippen molar-refractivity contribution in [3.05, 3.63) is 29.8 Å². The van der Waals surface area contributed by atoms with Crippen LogP contribution in [0.4, 0.5) is 8.78 Å². The van der Waals surface area contributed by atoms with Crippen LogP contribution in [-0.4, -0.2) is 49.5 Å². The van der Waals surface area contributed by atoms with Gasteiger partial charge < -0.3 is 9.64 Å². The van der Waals surface area contributed by atoms with Gasteiger partial charge in [0.05, 0.1) is 19.1 Å². The number of carbonyl (C=O) groups is 1. The summed E-state index contributed by atoms with van der Waals surface area (Å²) in [7, 11) is 1.60. The predicted octanol–water partition coefficient (Wildman–Crippen LogP) is 2.25. The lowest BCUT2D eigenvalue weighted by Gasteiger charge is -2.21. The number of likely N-dealkylation sites (N-methyl/N-ethyl adjacent to an activating group) is 1. The molecule has 1 aromatic carbocycles. The van der Waals surface area contributed by atoms with Gasteiger partial charge in [0.2, 0.25) is 5.91 Å². The van der Waals surface area contributed by atoms with Crippen LogP contribution in [0.25, 0.3) is 0 Å². The lowest BCUT2D eigenvalue weighted by molar-refractivity contribution is -0.132. The highest BCUT2D eigenvalue weighted by Gasteiger charge is 2.43. The van der Waals surface area contributed by atoms with E-state index in [9.17, 15) is 13.6 Å². The average Bonchev–Trinajstić information content (AvgIpc) is 2.80. The second-order valence-corrected chi connectivity index (χ2v) is 5.41. The zero-order valence-electron chi connectivity index (χ0n) is 12.6. The molecule has 4 nitrogen and oxygen atoms in total. The Bertz CT molecular complexity index is 497. The molecule has 0 aliphatic carbocycles. The van der Waals surface area contributed by atoms with Crippen LogP contribution in [0.3, 0.4) is 0 Å². The van der Waals surface area contributed by atoms with Crippen molar-refractivity contribution in [2.45, 2.75) is 25.3 Å². The van der Waals surface area contributed by atoms with Gasteiger partial charge in [0.15, 0.2) is 0 Å². The Morgan fingerprint density at radius 1 is 1.41 bits per heavy atom. The van der Waals surface area contributed by atoms with Gasteiger partial charge in [-0.2, -0.15) is 0 Å². The molecule has 0 aromatic heterocycles. The molecule has 1 saturated heterocycles. The first-order valence-electron chi connectivity index (χ1n) is 6.93. The van der Waals surface area contributed by atoms with Gasteiger partial charge in [-0.25, -0.2) is 8.78 Å². The Morgan fingerprint density at radius 2 is 2.05 bits per heavy atom. The summed E-state index contributed by atoms with van der Waals surface area (Å²) in [5.74, 6) is -2.38. The lowest BCUT2D eigenvalue weighted by Crippen LogP contribution is -2.43. The number of hydrogen-bond acceptors (Lipinski definition) is 3. The van der Waals surface area contributed by atoms with E-state index < -0.39 is 24.9 Å². The molecule has 124 valence electrons. The second kappa shape index (κ2) is 7.74. The van der Waals surface area contributed by atoms with Crippen molar-refractivity contribution in [3.8, 4) is 5.75 Å². The van der Waals surface area contributed by atoms with E-state index in [1.54, 1.807) is 7.05 Å². The average molecular weight is 335 g/mol. The topological polar surface area (TPSA) is 41.6 Å². The minimum atomic E-state index is -2.79. The van der Waals surface area contributed by atoms with Gasteiger partial charge in [-0.3, -0.25) is 10.1 Å². The molecule has 22 heavy (non-hydrogen) atoms. The predicted molar refractivity (Wildman–Crippen MR) is 82.9 cm³/mol. The van der Waals surface area contributed by atoms with Crippen molar-refractivity contribution in [2.75, 3.05) is 26.7 Å². The highest BCUT2D eigenvalue weighted by atomic mass is 35.5. The van der Waals surface area contributed by atoms with Gasteiger partial charge in [0.25, 0.3) is 5.92 Å². The van der Waals surface area contributed by atoms with Crippen LogP contribution in [0.2, 0.25) is 0 Å². The van der Waals surface area contributed by atoms with Crippen LogP contribution in [0.1, 0.15) is 12.0 Å². The van der Waals surface area contributed by atoms with Gasteiger partial charge in [0, 0.05) is 13.5 Å². The Labute approximate surface area is 135 Å². The molecule has 0 radical (unpaired) electrons. The van der Waals surface area contributed by atoms with E-state index in [2.05, 4.69) is 5.32 Å². The number of nitrogens with zero attached hydrogens (tertiary/aromatic N) is 1. The minimum Gasteiger partial charge on any atom is -0.492 e. The molecule has 7 heteroatoms. The molecule has 1 heterocycles. The summed E-state index contributed by atoms with van der Waals surface area (Å²) in [5.41, 5.74) is 1.14. The number of benzene rings is 1. The first-order chi connectivity index (χ1) is 9.87. The van der Waals surface area contributed by atoms with Crippen LogP contribution in [0, 0.1) is 6.92 Å². The Morgan fingerprint density at radius 3 is 2.59 bits per heavy atom. The van der Waals surface area contributed by atoms with Gasteiger partial charge >= 0.3 is 0 Å². The number of amides is 1.